The van der Waals surface area contributed by atoms with Crippen molar-refractivity contribution in [2.75, 3.05) is 0 Å². The number of ether oxygens (including phenoxy) is 2. The van der Waals surface area contributed by atoms with E-state index in [0.717, 1.165) is 89.0 Å². The molecule has 2 aliphatic heterocycles. The van der Waals surface area contributed by atoms with Gasteiger partial charge in [-0.2, -0.15) is 6.07 Å². The van der Waals surface area contributed by atoms with Gasteiger partial charge in [0, 0.05) is 34.9 Å². The maximum Gasteiger partial charge on any atom is 2.00 e. The molecule has 5 heterocycles. The first kappa shape index (κ1) is 29.9. The van der Waals surface area contributed by atoms with E-state index in [1.54, 1.807) is 0 Å². The Bertz CT molecular complexity index is 2640. The number of benzene rings is 5. The summed E-state index contributed by atoms with van der Waals surface area (Å²) in [7, 11) is 0. The van der Waals surface area contributed by atoms with Gasteiger partial charge in [0.2, 0.25) is 6.71 Å². The van der Waals surface area contributed by atoms with Gasteiger partial charge in [0.05, 0.1) is 0 Å². The van der Waals surface area contributed by atoms with Gasteiger partial charge in [-0.15, -0.1) is 40.8 Å². The third-order valence-corrected chi connectivity index (χ3v) is 9.75. The Balaban J connectivity index is 0.00000325. The predicted octanol–water partition coefficient (Wildman–Crippen LogP) is 8.02. The minimum absolute atomic E-state index is 0. The zero-order chi connectivity index (χ0) is 32.1. The van der Waals surface area contributed by atoms with E-state index >= 15 is 0 Å². The van der Waals surface area contributed by atoms with Crippen LogP contribution in [-0.2, 0) is 26.5 Å². The molecule has 0 fully saturated rings. The van der Waals surface area contributed by atoms with Crippen molar-refractivity contribution in [2.45, 2.75) is 26.2 Å². The van der Waals surface area contributed by atoms with Crippen molar-refractivity contribution < 1.29 is 30.5 Å². The summed E-state index contributed by atoms with van der Waals surface area (Å²) in [6.07, 6.45) is 3.78. The molecular weight excluding hydrogens is 784 g/mol. The van der Waals surface area contributed by atoms with Crippen LogP contribution >= 0.6 is 0 Å². The van der Waals surface area contributed by atoms with Crippen LogP contribution in [0.2, 0.25) is 0 Å². The number of aromatic nitrogens is 3. The molecule has 5 aromatic carbocycles. The Morgan fingerprint density at radius 1 is 0.653 bits per heavy atom. The average molecular weight is 813 g/mol. The Hall–Kier alpha value is -5.19. The number of hydrogen-bond acceptors (Lipinski definition) is 4. The predicted molar refractivity (Wildman–Crippen MR) is 193 cm³/mol. The summed E-state index contributed by atoms with van der Waals surface area (Å²) in [5, 5.41) is 4.42. The monoisotopic (exact) mass is 812 g/mol. The summed E-state index contributed by atoms with van der Waals surface area (Å²) in [6.45, 7) is 6.49. The van der Waals surface area contributed by atoms with Gasteiger partial charge < -0.3 is 19.0 Å². The van der Waals surface area contributed by atoms with E-state index < -0.39 is 0 Å². The van der Waals surface area contributed by atoms with E-state index in [1.165, 1.54) is 5.56 Å². The normalized spacial score (nSPS) is 12.9. The maximum absolute atomic E-state index is 6.69. The summed E-state index contributed by atoms with van der Waals surface area (Å²) < 4.78 is 15.5. The molecule has 0 radical (unpaired) electrons. The molecule has 0 N–H and O–H groups in total. The zero-order valence-corrected chi connectivity index (χ0v) is 29.3. The van der Waals surface area contributed by atoms with Crippen molar-refractivity contribution in [1.29, 1.82) is 0 Å². The summed E-state index contributed by atoms with van der Waals surface area (Å²) in [4.78, 5) is 9.71. The van der Waals surface area contributed by atoms with Gasteiger partial charge >= 0.3 is 21.1 Å². The molecule has 236 valence electrons. The number of hydrogen-bond donors (Lipinski definition) is 0. The van der Waals surface area contributed by atoms with E-state index in [9.17, 15) is 0 Å². The van der Waals surface area contributed by atoms with Crippen molar-refractivity contribution in [3.63, 3.8) is 0 Å². The fraction of sp³-hybridized carbons (Fsp3) is 0.0952. The van der Waals surface area contributed by atoms with Gasteiger partial charge in [0.1, 0.15) is 17.3 Å². The Morgan fingerprint density at radius 2 is 1.39 bits per heavy atom. The molecule has 7 heteroatoms. The van der Waals surface area contributed by atoms with Gasteiger partial charge in [-0.1, -0.05) is 80.2 Å². The second-order valence-electron chi connectivity index (χ2n) is 13.7. The quantitative estimate of drug-likeness (QED) is 0.131. The maximum atomic E-state index is 6.69. The van der Waals surface area contributed by atoms with Crippen LogP contribution in [0.5, 0.6) is 23.0 Å². The average Bonchev–Trinajstić information content (AvgIpc) is 3.43. The molecule has 0 saturated carbocycles. The molecule has 8 aromatic rings. The van der Waals surface area contributed by atoms with Crippen LogP contribution in [0.1, 0.15) is 26.3 Å². The Kier molecular flexibility index (Phi) is 6.66. The van der Waals surface area contributed by atoms with Crippen molar-refractivity contribution in [3.05, 3.63) is 133 Å². The molecule has 3 aromatic heterocycles. The molecule has 0 atom stereocenters. The topological polar surface area (TPSA) is 49.2 Å². The third-order valence-electron chi connectivity index (χ3n) is 9.75. The minimum atomic E-state index is -0.205. The molecule has 10 rings (SSSR count). The fourth-order valence-corrected chi connectivity index (χ4v) is 7.41. The third kappa shape index (κ3) is 4.51. The Morgan fingerprint density at radius 3 is 2.22 bits per heavy atom. The first-order valence-electron chi connectivity index (χ1n) is 16.3. The van der Waals surface area contributed by atoms with Crippen LogP contribution in [0.3, 0.4) is 0 Å². The SMILES string of the molecule is CC(C)(C)c1ccnc(-n2c3[c-]c4c(cc3c3ccccc32)Oc2cccc3c2B4c2[c-]c(-c4nccc5ccccc45)ccc2O3)c1.[Pt+2]. The molecule has 49 heavy (non-hydrogen) atoms. The van der Waals surface area contributed by atoms with Gasteiger partial charge in [0.15, 0.2) is 0 Å². The van der Waals surface area contributed by atoms with Crippen molar-refractivity contribution in [2.24, 2.45) is 0 Å². The first-order valence-corrected chi connectivity index (χ1v) is 16.3. The van der Waals surface area contributed by atoms with Crippen molar-refractivity contribution in [3.8, 4) is 40.1 Å². The minimum Gasteiger partial charge on any atom is -0.518 e. The fourth-order valence-electron chi connectivity index (χ4n) is 7.41. The molecule has 5 nitrogen and oxygen atoms in total. The van der Waals surface area contributed by atoms with E-state index in [0.29, 0.717) is 0 Å². The summed E-state index contributed by atoms with van der Waals surface area (Å²) in [5.74, 6) is 4.00. The summed E-state index contributed by atoms with van der Waals surface area (Å²) in [5.41, 5.74) is 7.92. The van der Waals surface area contributed by atoms with Gasteiger partial charge in [-0.05, 0) is 69.2 Å². The Labute approximate surface area is 298 Å². The van der Waals surface area contributed by atoms with Crippen LogP contribution in [0.15, 0.2) is 116 Å². The van der Waals surface area contributed by atoms with Crippen LogP contribution in [0, 0.1) is 12.1 Å². The van der Waals surface area contributed by atoms with Crippen LogP contribution in [-0.4, -0.2) is 21.2 Å². The first-order chi connectivity index (χ1) is 23.4. The number of fused-ring (bicyclic) bond motifs is 8. The number of pyridine rings is 2. The standard InChI is InChI=1S/C42H28BN3O2.Pt/c1-42(2,3)27-18-20-44-39(22-27)46-33-12-7-6-11-29(33)30-23-38-32(24-34(30)46)43-31-21-26(41-28-10-5-4-9-25(28)17-19-45-41)15-16-35(31)47-36-13-8-14-37(48-38)40(36)43;/h4-20,22-23H,1-3H3;/q-2;+2. The second-order valence-corrected chi connectivity index (χ2v) is 13.7. The molecule has 0 amide bonds. The molecule has 2 aliphatic rings. The van der Waals surface area contributed by atoms with Crippen LogP contribution < -0.4 is 25.9 Å². The molecule has 0 unspecified atom stereocenters. The molecule has 0 bridgehead atoms. The molecular formula is C42H28BN3O2Pt. The van der Waals surface area contributed by atoms with E-state index in [4.69, 9.17) is 19.4 Å². The molecule has 0 saturated heterocycles. The number of rotatable bonds is 2. The van der Waals surface area contributed by atoms with Gasteiger partial charge in [-0.25, -0.2) is 4.98 Å². The van der Waals surface area contributed by atoms with Crippen LogP contribution in [0.4, 0.5) is 0 Å². The van der Waals surface area contributed by atoms with Gasteiger partial charge in [0.25, 0.3) is 0 Å². The smallest absolute Gasteiger partial charge is 0.518 e. The van der Waals surface area contributed by atoms with E-state index in [1.807, 2.05) is 42.7 Å². The van der Waals surface area contributed by atoms with E-state index in [-0.39, 0.29) is 33.2 Å². The van der Waals surface area contributed by atoms with E-state index in [2.05, 4.69) is 110 Å². The second kappa shape index (κ2) is 10.9. The van der Waals surface area contributed by atoms with Gasteiger partial charge in [-0.3, -0.25) is 0 Å². The summed E-state index contributed by atoms with van der Waals surface area (Å²) in [6, 6.07) is 43.2. The number of para-hydroxylation sites is 1. The summed E-state index contributed by atoms with van der Waals surface area (Å²) >= 11 is 0. The zero-order valence-electron chi connectivity index (χ0n) is 27.0. The number of nitrogens with zero attached hydrogens (tertiary/aromatic N) is 3. The molecule has 0 spiro atoms. The largest absolute Gasteiger partial charge is 2.00 e. The van der Waals surface area contributed by atoms with Crippen LogP contribution in [0.25, 0.3) is 49.7 Å². The van der Waals surface area contributed by atoms with Crippen molar-refractivity contribution in [1.82, 2.24) is 14.5 Å². The molecule has 0 aliphatic carbocycles. The van der Waals surface area contributed by atoms with Crippen molar-refractivity contribution >= 4 is 55.7 Å².